The summed E-state index contributed by atoms with van der Waals surface area (Å²) in [7, 11) is 0. The third kappa shape index (κ3) is 2.12. The third-order valence-corrected chi connectivity index (χ3v) is 3.13. The van der Waals surface area contributed by atoms with Crippen molar-refractivity contribution in [2.75, 3.05) is 5.73 Å². The molecule has 0 amide bonds. The number of rotatable bonds is 1. The first-order chi connectivity index (χ1) is 9.15. The molecule has 0 saturated carbocycles. The largest absolute Gasteiger partial charge is 0.382 e. The highest BCUT2D eigenvalue weighted by atomic mass is 79.9. The van der Waals surface area contributed by atoms with E-state index in [2.05, 4.69) is 35.9 Å². The van der Waals surface area contributed by atoms with Crippen molar-refractivity contribution in [1.29, 1.82) is 0 Å². The van der Waals surface area contributed by atoms with Crippen LogP contribution < -0.4 is 5.73 Å². The summed E-state index contributed by atoms with van der Waals surface area (Å²) in [5.74, 6) is -0.696. The van der Waals surface area contributed by atoms with Crippen LogP contribution in [-0.2, 0) is 0 Å². The van der Waals surface area contributed by atoms with E-state index in [-0.39, 0.29) is 10.4 Å². The summed E-state index contributed by atoms with van der Waals surface area (Å²) in [5.41, 5.74) is 7.59. The molecular weight excluding hydrogens is 313 g/mol. The normalized spacial score (nSPS) is 10.8. The maximum absolute atomic E-state index is 13.2. The first kappa shape index (κ1) is 11.9. The van der Waals surface area contributed by atoms with Crippen LogP contribution in [0.5, 0.6) is 0 Å². The zero-order valence-corrected chi connectivity index (χ0v) is 11.1. The van der Waals surface area contributed by atoms with Crippen LogP contribution in [0.2, 0.25) is 0 Å². The van der Waals surface area contributed by atoms with Gasteiger partial charge in [-0.05, 0) is 22.0 Å². The van der Waals surface area contributed by atoms with E-state index in [1.54, 1.807) is 6.20 Å². The lowest BCUT2D eigenvalue weighted by atomic mass is 10.1. The van der Waals surface area contributed by atoms with E-state index in [4.69, 9.17) is 5.73 Å². The summed E-state index contributed by atoms with van der Waals surface area (Å²) in [6.45, 7) is 0. The number of anilines is 1. The van der Waals surface area contributed by atoms with Gasteiger partial charge in [-0.2, -0.15) is 9.37 Å². The number of nitrogens with zero attached hydrogens (tertiary/aromatic N) is 4. The number of nitrogens with two attached hydrogens (primary N) is 1. The molecule has 3 aromatic rings. The van der Waals surface area contributed by atoms with E-state index >= 15 is 0 Å². The molecular formula is C12H7BrFN5. The molecule has 0 unspecified atom stereocenters. The fourth-order valence-corrected chi connectivity index (χ4v) is 2.01. The highest BCUT2D eigenvalue weighted by Gasteiger charge is 2.12. The van der Waals surface area contributed by atoms with Crippen molar-refractivity contribution in [2.24, 2.45) is 0 Å². The SMILES string of the molecule is Nc1nc(F)c(Br)nc1-c1ccc2cncnc2c1. The number of halogens is 2. The predicted octanol–water partition coefficient (Wildman–Crippen LogP) is 2.57. The highest BCUT2D eigenvalue weighted by Crippen LogP contribution is 2.27. The molecule has 7 heteroatoms. The van der Waals surface area contributed by atoms with Crippen molar-refractivity contribution in [3.8, 4) is 11.3 Å². The van der Waals surface area contributed by atoms with E-state index in [1.807, 2.05) is 18.2 Å². The van der Waals surface area contributed by atoms with Gasteiger partial charge in [0, 0.05) is 17.1 Å². The van der Waals surface area contributed by atoms with Crippen LogP contribution in [0.4, 0.5) is 10.2 Å². The quantitative estimate of drug-likeness (QED) is 0.745. The summed E-state index contributed by atoms with van der Waals surface area (Å²) in [5, 5.41) is 0.902. The fourth-order valence-electron chi connectivity index (χ4n) is 1.74. The number of hydrogen-bond acceptors (Lipinski definition) is 5. The number of benzene rings is 1. The topological polar surface area (TPSA) is 77.6 Å². The van der Waals surface area contributed by atoms with Crippen molar-refractivity contribution in [1.82, 2.24) is 19.9 Å². The van der Waals surface area contributed by atoms with Gasteiger partial charge in [-0.1, -0.05) is 12.1 Å². The van der Waals surface area contributed by atoms with Gasteiger partial charge in [-0.15, -0.1) is 0 Å². The predicted molar refractivity (Wildman–Crippen MR) is 72.6 cm³/mol. The van der Waals surface area contributed by atoms with E-state index in [0.29, 0.717) is 5.69 Å². The molecule has 0 fully saturated rings. The molecule has 0 radical (unpaired) electrons. The maximum Gasteiger partial charge on any atom is 0.247 e. The second-order valence-electron chi connectivity index (χ2n) is 3.84. The van der Waals surface area contributed by atoms with Gasteiger partial charge in [0.05, 0.1) is 5.52 Å². The first-order valence-corrected chi connectivity index (χ1v) is 6.13. The Morgan fingerprint density at radius 3 is 2.89 bits per heavy atom. The van der Waals surface area contributed by atoms with Gasteiger partial charge < -0.3 is 5.73 Å². The van der Waals surface area contributed by atoms with Gasteiger partial charge in [-0.25, -0.2) is 15.0 Å². The summed E-state index contributed by atoms with van der Waals surface area (Å²) < 4.78 is 13.2. The maximum atomic E-state index is 13.2. The summed E-state index contributed by atoms with van der Waals surface area (Å²) in [4.78, 5) is 15.7. The lowest BCUT2D eigenvalue weighted by Crippen LogP contribution is -2.01. The van der Waals surface area contributed by atoms with Gasteiger partial charge in [0.1, 0.15) is 12.0 Å². The Morgan fingerprint density at radius 1 is 1.21 bits per heavy atom. The highest BCUT2D eigenvalue weighted by molar-refractivity contribution is 9.10. The number of aromatic nitrogens is 4. The van der Waals surface area contributed by atoms with Crippen LogP contribution in [0.3, 0.4) is 0 Å². The second-order valence-corrected chi connectivity index (χ2v) is 4.59. The van der Waals surface area contributed by atoms with Gasteiger partial charge >= 0.3 is 0 Å². The van der Waals surface area contributed by atoms with Crippen molar-refractivity contribution >= 4 is 32.7 Å². The Bertz CT molecular complexity index is 777. The molecule has 0 aliphatic carbocycles. The van der Waals surface area contributed by atoms with E-state index in [9.17, 15) is 4.39 Å². The second kappa shape index (κ2) is 4.51. The minimum Gasteiger partial charge on any atom is -0.382 e. The summed E-state index contributed by atoms with van der Waals surface area (Å²) in [6.07, 6.45) is 3.17. The minimum atomic E-state index is -0.732. The molecule has 19 heavy (non-hydrogen) atoms. The number of nitrogen functional groups attached to an aromatic ring is 1. The average molecular weight is 320 g/mol. The Balaban J connectivity index is 2.21. The molecule has 0 aliphatic heterocycles. The number of fused-ring (bicyclic) bond motifs is 1. The van der Waals surface area contributed by atoms with Crippen LogP contribution in [-0.4, -0.2) is 19.9 Å². The first-order valence-electron chi connectivity index (χ1n) is 5.34. The van der Waals surface area contributed by atoms with Crippen molar-refractivity contribution < 1.29 is 4.39 Å². The lowest BCUT2D eigenvalue weighted by molar-refractivity contribution is 0.571. The van der Waals surface area contributed by atoms with E-state index < -0.39 is 5.95 Å². The van der Waals surface area contributed by atoms with Crippen LogP contribution >= 0.6 is 15.9 Å². The van der Waals surface area contributed by atoms with Crippen LogP contribution in [0.25, 0.3) is 22.2 Å². The Labute approximate surface area is 115 Å². The Morgan fingerprint density at radius 2 is 2.05 bits per heavy atom. The third-order valence-electron chi connectivity index (χ3n) is 2.62. The van der Waals surface area contributed by atoms with Crippen LogP contribution in [0.15, 0.2) is 35.3 Å². The summed E-state index contributed by atoms with van der Waals surface area (Å²) >= 11 is 3.00. The van der Waals surface area contributed by atoms with Gasteiger partial charge in [-0.3, -0.25) is 0 Å². The molecule has 0 spiro atoms. The van der Waals surface area contributed by atoms with Crippen LogP contribution in [0.1, 0.15) is 0 Å². The standard InChI is InChI=1S/C12H7BrFN5/c13-10-11(14)19-12(15)9(18-10)6-1-2-7-4-16-5-17-8(7)3-6/h1-5H,(H2,15,19). The van der Waals surface area contributed by atoms with Gasteiger partial charge in [0.15, 0.2) is 10.4 Å². The van der Waals surface area contributed by atoms with Gasteiger partial charge in [0.2, 0.25) is 5.95 Å². The van der Waals surface area contributed by atoms with Crippen molar-refractivity contribution in [2.45, 2.75) is 0 Å². The lowest BCUT2D eigenvalue weighted by Gasteiger charge is -2.06. The van der Waals surface area contributed by atoms with Crippen molar-refractivity contribution in [3.63, 3.8) is 0 Å². The molecule has 0 aliphatic rings. The summed E-state index contributed by atoms with van der Waals surface area (Å²) in [6, 6.07) is 5.47. The number of hydrogen-bond donors (Lipinski definition) is 1. The molecule has 0 bridgehead atoms. The Hall–Kier alpha value is -2.15. The molecule has 0 atom stereocenters. The molecule has 3 rings (SSSR count). The zero-order chi connectivity index (χ0) is 13.4. The van der Waals surface area contributed by atoms with Gasteiger partial charge in [0.25, 0.3) is 0 Å². The molecule has 1 aromatic carbocycles. The molecule has 94 valence electrons. The monoisotopic (exact) mass is 319 g/mol. The molecule has 0 saturated heterocycles. The van der Waals surface area contributed by atoms with E-state index in [1.165, 1.54) is 6.33 Å². The molecule has 2 N–H and O–H groups in total. The fraction of sp³-hybridized carbons (Fsp3) is 0. The molecule has 5 nitrogen and oxygen atoms in total. The average Bonchev–Trinajstić information content (AvgIpc) is 2.42. The Kier molecular flexibility index (Phi) is 2.83. The van der Waals surface area contributed by atoms with Crippen LogP contribution in [0, 0.1) is 5.95 Å². The molecule has 2 aromatic heterocycles. The van der Waals surface area contributed by atoms with Crippen molar-refractivity contribution in [3.05, 3.63) is 41.3 Å². The van der Waals surface area contributed by atoms with E-state index in [0.717, 1.165) is 16.5 Å². The minimum absolute atomic E-state index is 0.0273. The zero-order valence-electron chi connectivity index (χ0n) is 9.51. The molecule has 2 heterocycles. The smallest absolute Gasteiger partial charge is 0.247 e.